The van der Waals surface area contributed by atoms with Gasteiger partial charge in [0.05, 0.1) is 13.0 Å². The Labute approximate surface area is 77.6 Å². The molecule has 3 heteroatoms. The van der Waals surface area contributed by atoms with Crippen molar-refractivity contribution in [3.05, 3.63) is 12.2 Å². The monoisotopic (exact) mass is 177 g/mol. The van der Waals surface area contributed by atoms with Crippen LogP contribution < -0.4 is 5.73 Å². The first kappa shape index (κ1) is 11.3. The molecule has 0 bridgehead atoms. The number of nitrogens with two attached hydrogens (primary N) is 1. The zero-order valence-corrected chi connectivity index (χ0v) is 7.21. The molecule has 0 aliphatic rings. The lowest BCUT2D eigenvalue weighted by Gasteiger charge is -1.81. The molecule has 13 heavy (non-hydrogen) atoms. The molecule has 0 aromatic rings. The minimum atomic E-state index is -0.832. The van der Waals surface area contributed by atoms with Gasteiger partial charge in [-0.2, -0.15) is 0 Å². The number of carboxylic acid groups (broad SMARTS) is 1. The maximum Gasteiger partial charge on any atom is 0.304 e. The van der Waals surface area contributed by atoms with Gasteiger partial charge in [-0.25, -0.2) is 0 Å². The van der Waals surface area contributed by atoms with Crippen molar-refractivity contribution < 1.29 is 9.90 Å². The highest BCUT2D eigenvalue weighted by atomic mass is 16.4. The summed E-state index contributed by atoms with van der Waals surface area (Å²) < 4.78 is 0. The topological polar surface area (TPSA) is 63.3 Å². The van der Waals surface area contributed by atoms with Gasteiger partial charge in [0, 0.05) is 6.42 Å². The molecule has 0 saturated carbocycles. The van der Waals surface area contributed by atoms with E-state index in [0.717, 1.165) is 0 Å². The molecule has 0 fully saturated rings. The normalized spacial score (nSPS) is 8.38. The van der Waals surface area contributed by atoms with E-state index in [-0.39, 0.29) is 6.42 Å². The zero-order chi connectivity index (χ0) is 9.94. The number of allylic oxidation sites excluding steroid dienone is 2. The van der Waals surface area contributed by atoms with Crippen molar-refractivity contribution in [3.8, 4) is 23.7 Å². The summed E-state index contributed by atoms with van der Waals surface area (Å²) in [5, 5.41) is 8.26. The predicted octanol–water partition coefficient (Wildman–Crippen LogP) is 0.373. The van der Waals surface area contributed by atoms with Gasteiger partial charge in [-0.15, -0.1) is 0 Å². The standard InChI is InChI=1S/C10H11NO2/c11-9-7-5-3-1-2-4-6-8-10(12)13/h1,3H,6,8-9,11H2,(H,12,13)/b3-1-. The Morgan fingerprint density at radius 2 is 1.92 bits per heavy atom. The Morgan fingerprint density at radius 1 is 1.31 bits per heavy atom. The molecule has 0 aliphatic carbocycles. The zero-order valence-electron chi connectivity index (χ0n) is 7.21. The Kier molecular flexibility index (Phi) is 7.28. The van der Waals surface area contributed by atoms with E-state index in [9.17, 15) is 4.79 Å². The van der Waals surface area contributed by atoms with Gasteiger partial charge in [0.25, 0.3) is 0 Å². The van der Waals surface area contributed by atoms with Gasteiger partial charge < -0.3 is 10.8 Å². The van der Waals surface area contributed by atoms with E-state index >= 15 is 0 Å². The molecule has 0 rings (SSSR count). The second kappa shape index (κ2) is 8.39. The second-order valence-electron chi connectivity index (χ2n) is 2.07. The average molecular weight is 177 g/mol. The molecule has 0 radical (unpaired) electrons. The highest BCUT2D eigenvalue weighted by Gasteiger charge is 1.90. The van der Waals surface area contributed by atoms with Crippen molar-refractivity contribution in [2.75, 3.05) is 6.54 Å². The molecule has 0 amide bonds. The number of rotatable bonds is 2. The molecule has 3 nitrogen and oxygen atoms in total. The molecule has 0 spiro atoms. The van der Waals surface area contributed by atoms with Crippen LogP contribution >= 0.6 is 0 Å². The van der Waals surface area contributed by atoms with E-state index < -0.39 is 5.97 Å². The van der Waals surface area contributed by atoms with Gasteiger partial charge >= 0.3 is 5.97 Å². The summed E-state index contributed by atoms with van der Waals surface area (Å²) in [5.41, 5.74) is 5.12. The van der Waals surface area contributed by atoms with Crippen molar-refractivity contribution in [2.24, 2.45) is 5.73 Å². The lowest BCUT2D eigenvalue weighted by molar-refractivity contribution is -0.136. The Morgan fingerprint density at radius 3 is 2.46 bits per heavy atom. The first-order valence-corrected chi connectivity index (χ1v) is 3.81. The molecule has 3 N–H and O–H groups in total. The number of aliphatic carboxylic acids is 1. The molecule has 0 aromatic carbocycles. The highest BCUT2D eigenvalue weighted by Crippen LogP contribution is 1.84. The van der Waals surface area contributed by atoms with Crippen LogP contribution in [0.25, 0.3) is 0 Å². The second-order valence-corrected chi connectivity index (χ2v) is 2.07. The van der Waals surface area contributed by atoms with Crippen LogP contribution in [0.15, 0.2) is 12.2 Å². The molecule has 0 heterocycles. The van der Waals surface area contributed by atoms with Crippen LogP contribution in [0, 0.1) is 23.7 Å². The third-order valence-corrected chi connectivity index (χ3v) is 1.02. The quantitative estimate of drug-likeness (QED) is 0.599. The van der Waals surface area contributed by atoms with Crippen LogP contribution in [0.1, 0.15) is 12.8 Å². The molecule has 0 saturated heterocycles. The number of carbonyl (C=O) groups is 1. The summed E-state index contributed by atoms with van der Waals surface area (Å²) in [6.45, 7) is 0.330. The average Bonchev–Trinajstić information content (AvgIpc) is 2.09. The lowest BCUT2D eigenvalue weighted by Crippen LogP contribution is -1.92. The van der Waals surface area contributed by atoms with Crippen molar-refractivity contribution in [2.45, 2.75) is 12.8 Å². The Balaban J connectivity index is 3.61. The largest absolute Gasteiger partial charge is 0.481 e. The third kappa shape index (κ3) is 10.3. The number of carboxylic acids is 1. The molecule has 0 aromatic heterocycles. The third-order valence-electron chi connectivity index (χ3n) is 1.02. The van der Waals surface area contributed by atoms with Gasteiger partial charge in [-0.1, -0.05) is 23.7 Å². The SMILES string of the molecule is NCC#C/C=C\C#CCCC(=O)O. The molecule has 0 unspecified atom stereocenters. The summed E-state index contributed by atoms with van der Waals surface area (Å²) in [6, 6.07) is 0. The van der Waals surface area contributed by atoms with E-state index in [1.165, 1.54) is 0 Å². The van der Waals surface area contributed by atoms with Crippen LogP contribution in [0.4, 0.5) is 0 Å². The molecular weight excluding hydrogens is 166 g/mol. The fourth-order valence-corrected chi connectivity index (χ4v) is 0.502. The molecule has 68 valence electrons. The fourth-order valence-electron chi connectivity index (χ4n) is 0.502. The maximum atomic E-state index is 10.1. The van der Waals surface area contributed by atoms with E-state index in [4.69, 9.17) is 10.8 Å². The van der Waals surface area contributed by atoms with E-state index in [1.807, 2.05) is 0 Å². The van der Waals surface area contributed by atoms with Gasteiger partial charge in [0.1, 0.15) is 0 Å². The van der Waals surface area contributed by atoms with Crippen molar-refractivity contribution >= 4 is 5.97 Å². The van der Waals surface area contributed by atoms with E-state index in [0.29, 0.717) is 13.0 Å². The summed E-state index contributed by atoms with van der Waals surface area (Å²) in [6.07, 6.45) is 3.60. The van der Waals surface area contributed by atoms with Gasteiger partial charge in [0.15, 0.2) is 0 Å². The summed E-state index contributed by atoms with van der Waals surface area (Å²) >= 11 is 0. The Hall–Kier alpha value is -1.71. The van der Waals surface area contributed by atoms with Crippen LogP contribution in [0.2, 0.25) is 0 Å². The van der Waals surface area contributed by atoms with Crippen molar-refractivity contribution in [1.29, 1.82) is 0 Å². The number of hydrogen-bond donors (Lipinski definition) is 2. The minimum Gasteiger partial charge on any atom is -0.481 e. The van der Waals surface area contributed by atoms with E-state index in [1.54, 1.807) is 12.2 Å². The first-order valence-electron chi connectivity index (χ1n) is 3.81. The van der Waals surface area contributed by atoms with E-state index in [2.05, 4.69) is 23.7 Å². The van der Waals surface area contributed by atoms with Crippen LogP contribution in [-0.2, 0) is 4.79 Å². The maximum absolute atomic E-state index is 10.1. The fraction of sp³-hybridized carbons (Fsp3) is 0.300. The van der Waals surface area contributed by atoms with Crippen LogP contribution in [-0.4, -0.2) is 17.6 Å². The highest BCUT2D eigenvalue weighted by molar-refractivity contribution is 5.67. The minimum absolute atomic E-state index is 0.0787. The lowest BCUT2D eigenvalue weighted by atomic mass is 10.3. The summed E-state index contributed by atoms with van der Waals surface area (Å²) in [5.74, 6) is 9.80. The number of hydrogen-bond acceptors (Lipinski definition) is 2. The van der Waals surface area contributed by atoms with Gasteiger partial charge in [-0.3, -0.25) is 4.79 Å². The predicted molar refractivity (Wildman–Crippen MR) is 50.6 cm³/mol. The van der Waals surface area contributed by atoms with Crippen molar-refractivity contribution in [1.82, 2.24) is 0 Å². The first-order chi connectivity index (χ1) is 6.27. The smallest absolute Gasteiger partial charge is 0.304 e. The van der Waals surface area contributed by atoms with Crippen LogP contribution in [0.3, 0.4) is 0 Å². The van der Waals surface area contributed by atoms with Crippen LogP contribution in [0.5, 0.6) is 0 Å². The molecule has 0 atom stereocenters. The molecular formula is C10H11NO2. The summed E-state index contributed by atoms with van der Waals surface area (Å²) in [7, 11) is 0. The van der Waals surface area contributed by atoms with Gasteiger partial charge in [0.2, 0.25) is 0 Å². The van der Waals surface area contributed by atoms with Crippen molar-refractivity contribution in [3.63, 3.8) is 0 Å². The van der Waals surface area contributed by atoms with Gasteiger partial charge in [-0.05, 0) is 12.2 Å². The summed E-state index contributed by atoms with van der Waals surface area (Å²) in [4.78, 5) is 10.1. The molecule has 0 aliphatic heterocycles. The Bertz CT molecular complexity index is 296.